The second kappa shape index (κ2) is 4.81. The molecule has 1 aliphatic rings. The summed E-state index contributed by atoms with van der Waals surface area (Å²) in [6.45, 7) is 8.59. The Hall–Kier alpha value is -0.820. The summed E-state index contributed by atoms with van der Waals surface area (Å²) in [5.74, 6) is 0.480. The summed E-state index contributed by atoms with van der Waals surface area (Å²) < 4.78 is 0. The third-order valence-electron chi connectivity index (χ3n) is 4.57. The second-order valence-electron chi connectivity index (χ2n) is 5.66. The topological polar surface area (TPSA) is 20.2 Å². The van der Waals surface area contributed by atoms with Crippen LogP contribution in [0.4, 0.5) is 0 Å². The highest BCUT2D eigenvalue weighted by molar-refractivity contribution is 5.45. The molecule has 0 spiro atoms. The van der Waals surface area contributed by atoms with Gasteiger partial charge in [0.25, 0.3) is 0 Å². The fraction of sp³-hybridized carbons (Fsp3) is 0.625. The van der Waals surface area contributed by atoms with E-state index in [9.17, 15) is 5.11 Å². The Kier molecular flexibility index (Phi) is 3.58. The Morgan fingerprint density at radius 2 is 1.47 bits per heavy atom. The van der Waals surface area contributed by atoms with E-state index < -0.39 is 0 Å². The smallest absolute Gasteiger partial charge is 0.0823 e. The minimum atomic E-state index is -0.254. The van der Waals surface area contributed by atoms with Crippen LogP contribution in [-0.2, 0) is 0 Å². The predicted octanol–water partition coefficient (Wildman–Crippen LogP) is 4.14. The van der Waals surface area contributed by atoms with E-state index >= 15 is 0 Å². The van der Waals surface area contributed by atoms with Gasteiger partial charge < -0.3 is 5.11 Å². The summed E-state index contributed by atoms with van der Waals surface area (Å²) in [5, 5.41) is 10.6. The summed E-state index contributed by atoms with van der Waals surface area (Å²) in [4.78, 5) is 0. The minimum absolute atomic E-state index is 0.254. The fourth-order valence-corrected chi connectivity index (χ4v) is 3.20. The first-order valence-corrected chi connectivity index (χ1v) is 6.77. The molecule has 94 valence electrons. The Labute approximate surface area is 105 Å². The summed E-state index contributed by atoms with van der Waals surface area (Å²) in [6, 6.07) is 2.23. The SMILES string of the molecule is Cc1cc(C)c(C)c(C(O)C2CCCC2)c1C. The minimum Gasteiger partial charge on any atom is -0.388 e. The van der Waals surface area contributed by atoms with E-state index in [1.54, 1.807) is 0 Å². The number of rotatable bonds is 2. The molecule has 0 saturated heterocycles. The number of aliphatic hydroxyl groups is 1. The van der Waals surface area contributed by atoms with Crippen molar-refractivity contribution in [3.05, 3.63) is 33.9 Å². The molecule has 0 amide bonds. The molecular formula is C16H24O. The summed E-state index contributed by atoms with van der Waals surface area (Å²) in [6.07, 6.45) is 4.69. The van der Waals surface area contributed by atoms with Gasteiger partial charge in [-0.1, -0.05) is 18.9 Å². The molecule has 1 aromatic rings. The fourth-order valence-electron chi connectivity index (χ4n) is 3.20. The maximum atomic E-state index is 10.6. The molecule has 17 heavy (non-hydrogen) atoms. The molecule has 0 heterocycles. The van der Waals surface area contributed by atoms with E-state index in [-0.39, 0.29) is 6.10 Å². The lowest BCUT2D eigenvalue weighted by Gasteiger charge is -2.24. The third kappa shape index (κ3) is 2.26. The van der Waals surface area contributed by atoms with Gasteiger partial charge in [-0.2, -0.15) is 0 Å². The van der Waals surface area contributed by atoms with Crippen LogP contribution in [0.1, 0.15) is 59.6 Å². The largest absolute Gasteiger partial charge is 0.388 e. The molecule has 0 bridgehead atoms. The van der Waals surface area contributed by atoms with Gasteiger partial charge >= 0.3 is 0 Å². The van der Waals surface area contributed by atoms with E-state index in [4.69, 9.17) is 0 Å². The quantitative estimate of drug-likeness (QED) is 0.812. The van der Waals surface area contributed by atoms with Gasteiger partial charge in [-0.05, 0) is 74.3 Å². The highest BCUT2D eigenvalue weighted by Crippen LogP contribution is 2.39. The van der Waals surface area contributed by atoms with Crippen molar-refractivity contribution in [2.45, 2.75) is 59.5 Å². The van der Waals surface area contributed by atoms with Crippen molar-refractivity contribution >= 4 is 0 Å². The lowest BCUT2D eigenvalue weighted by Crippen LogP contribution is -2.13. The number of hydrogen-bond donors (Lipinski definition) is 1. The van der Waals surface area contributed by atoms with Gasteiger partial charge in [-0.25, -0.2) is 0 Å². The molecule has 1 N–H and O–H groups in total. The molecule has 0 aromatic heterocycles. The average Bonchev–Trinajstić information content (AvgIpc) is 2.80. The number of aliphatic hydroxyl groups excluding tert-OH is 1. The van der Waals surface area contributed by atoms with Crippen molar-refractivity contribution in [1.29, 1.82) is 0 Å². The van der Waals surface area contributed by atoms with Crippen LogP contribution in [0.5, 0.6) is 0 Å². The lowest BCUT2D eigenvalue weighted by molar-refractivity contribution is 0.110. The van der Waals surface area contributed by atoms with E-state index in [0.717, 1.165) is 0 Å². The van der Waals surface area contributed by atoms with Crippen LogP contribution in [-0.4, -0.2) is 5.11 Å². The Morgan fingerprint density at radius 1 is 1.00 bits per heavy atom. The van der Waals surface area contributed by atoms with Gasteiger partial charge in [0.2, 0.25) is 0 Å². The van der Waals surface area contributed by atoms with Gasteiger partial charge in [-0.3, -0.25) is 0 Å². The molecule has 1 fully saturated rings. The average molecular weight is 232 g/mol. The van der Waals surface area contributed by atoms with Crippen molar-refractivity contribution in [3.8, 4) is 0 Å². The van der Waals surface area contributed by atoms with Gasteiger partial charge in [0.05, 0.1) is 6.10 Å². The summed E-state index contributed by atoms with van der Waals surface area (Å²) >= 11 is 0. The van der Waals surface area contributed by atoms with Crippen molar-refractivity contribution in [1.82, 2.24) is 0 Å². The van der Waals surface area contributed by atoms with Crippen molar-refractivity contribution < 1.29 is 5.11 Å². The molecule has 1 heteroatoms. The van der Waals surface area contributed by atoms with Crippen LogP contribution < -0.4 is 0 Å². The maximum absolute atomic E-state index is 10.6. The van der Waals surface area contributed by atoms with E-state index in [0.29, 0.717) is 5.92 Å². The molecule has 0 aliphatic heterocycles. The Balaban J connectivity index is 2.42. The van der Waals surface area contributed by atoms with Gasteiger partial charge in [0.15, 0.2) is 0 Å². The molecule has 1 aromatic carbocycles. The van der Waals surface area contributed by atoms with E-state index in [2.05, 4.69) is 33.8 Å². The van der Waals surface area contributed by atoms with Gasteiger partial charge in [0.1, 0.15) is 0 Å². The molecule has 1 aliphatic carbocycles. The second-order valence-corrected chi connectivity index (χ2v) is 5.66. The van der Waals surface area contributed by atoms with Gasteiger partial charge in [-0.15, -0.1) is 0 Å². The zero-order valence-corrected chi connectivity index (χ0v) is 11.5. The number of benzene rings is 1. The standard InChI is InChI=1S/C16H24O/c1-10-9-11(2)13(4)15(12(10)3)16(17)14-7-5-6-8-14/h9,14,16-17H,5-8H2,1-4H3. The molecule has 2 rings (SSSR count). The Morgan fingerprint density at radius 3 is 1.94 bits per heavy atom. The zero-order valence-electron chi connectivity index (χ0n) is 11.5. The maximum Gasteiger partial charge on any atom is 0.0823 e. The first kappa shape index (κ1) is 12.6. The molecule has 1 atom stereocenters. The van der Waals surface area contributed by atoms with Crippen LogP contribution in [0.3, 0.4) is 0 Å². The van der Waals surface area contributed by atoms with Crippen molar-refractivity contribution in [2.24, 2.45) is 5.92 Å². The molecule has 1 unspecified atom stereocenters. The normalized spacial score (nSPS) is 18.6. The van der Waals surface area contributed by atoms with Crippen molar-refractivity contribution in [3.63, 3.8) is 0 Å². The molecular weight excluding hydrogens is 208 g/mol. The monoisotopic (exact) mass is 232 g/mol. The van der Waals surface area contributed by atoms with Crippen LogP contribution >= 0.6 is 0 Å². The number of hydrogen-bond acceptors (Lipinski definition) is 1. The highest BCUT2D eigenvalue weighted by atomic mass is 16.3. The number of aryl methyl sites for hydroxylation is 2. The summed E-state index contributed by atoms with van der Waals surface area (Å²) in [5.41, 5.74) is 6.38. The molecule has 0 radical (unpaired) electrons. The zero-order chi connectivity index (χ0) is 12.6. The third-order valence-corrected chi connectivity index (χ3v) is 4.57. The molecule has 1 saturated carbocycles. The summed E-state index contributed by atoms with van der Waals surface area (Å²) in [7, 11) is 0. The first-order valence-electron chi connectivity index (χ1n) is 6.77. The predicted molar refractivity (Wildman–Crippen MR) is 72.3 cm³/mol. The van der Waals surface area contributed by atoms with Crippen LogP contribution in [0.15, 0.2) is 6.07 Å². The van der Waals surface area contributed by atoms with Crippen LogP contribution in [0.25, 0.3) is 0 Å². The van der Waals surface area contributed by atoms with Crippen molar-refractivity contribution in [2.75, 3.05) is 0 Å². The molecule has 1 nitrogen and oxygen atoms in total. The lowest BCUT2D eigenvalue weighted by atomic mass is 9.85. The Bertz CT molecular complexity index is 388. The van der Waals surface area contributed by atoms with Gasteiger partial charge in [0, 0.05) is 0 Å². The first-order chi connectivity index (χ1) is 8.02. The van der Waals surface area contributed by atoms with Crippen LogP contribution in [0.2, 0.25) is 0 Å². The van der Waals surface area contributed by atoms with E-state index in [1.165, 1.54) is 53.5 Å². The van der Waals surface area contributed by atoms with Crippen LogP contribution in [0, 0.1) is 33.6 Å². The van der Waals surface area contributed by atoms with E-state index in [1.807, 2.05) is 0 Å². The highest BCUT2D eigenvalue weighted by Gasteiger charge is 2.27.